The van der Waals surface area contributed by atoms with Gasteiger partial charge in [-0.15, -0.1) is 0 Å². The van der Waals surface area contributed by atoms with Gasteiger partial charge in [-0.2, -0.15) is 0 Å². The summed E-state index contributed by atoms with van der Waals surface area (Å²) < 4.78 is 0. The van der Waals surface area contributed by atoms with E-state index in [1.165, 1.54) is 18.4 Å². The zero-order valence-electron chi connectivity index (χ0n) is 13.4. The van der Waals surface area contributed by atoms with Gasteiger partial charge in [0.25, 0.3) is 0 Å². The zero-order chi connectivity index (χ0) is 16.8. The Kier molecular flexibility index (Phi) is 11.4. The van der Waals surface area contributed by atoms with Crippen molar-refractivity contribution in [2.24, 2.45) is 27.9 Å². The molecule has 6 heteroatoms. The van der Waals surface area contributed by atoms with Crippen molar-refractivity contribution < 1.29 is 4.79 Å². The Morgan fingerprint density at radius 2 is 1.77 bits per heavy atom. The summed E-state index contributed by atoms with van der Waals surface area (Å²) in [5.74, 6) is -0.388. The number of rotatable bonds is 8. The highest BCUT2D eigenvalue weighted by Crippen LogP contribution is 2.00. The predicted molar refractivity (Wildman–Crippen MR) is 92.1 cm³/mol. The highest BCUT2D eigenvalue weighted by atomic mass is 16.1. The smallest absolute Gasteiger partial charge is 0.234 e. The Hall–Kier alpha value is -2.08. The van der Waals surface area contributed by atoms with Gasteiger partial charge < -0.3 is 22.9 Å². The van der Waals surface area contributed by atoms with Crippen molar-refractivity contribution in [3.05, 3.63) is 35.9 Å². The van der Waals surface area contributed by atoms with Gasteiger partial charge in [-0.3, -0.25) is 9.79 Å². The topological polar surface area (TPSA) is 134 Å². The van der Waals surface area contributed by atoms with Gasteiger partial charge in [0.15, 0.2) is 5.96 Å². The van der Waals surface area contributed by atoms with Gasteiger partial charge in [-0.25, -0.2) is 0 Å². The third-order valence-corrected chi connectivity index (χ3v) is 2.96. The number of carbonyl (C=O) groups is 1. The molecule has 6 nitrogen and oxygen atoms in total. The summed E-state index contributed by atoms with van der Waals surface area (Å²) in [6, 6.07) is 10.0. The maximum atomic E-state index is 10.5. The van der Waals surface area contributed by atoms with Crippen molar-refractivity contribution >= 4 is 11.9 Å². The SMILES string of the molecule is CCCc1ccccc1.NC(=O)C(N)CCCCN=C(N)N. The van der Waals surface area contributed by atoms with E-state index >= 15 is 0 Å². The molecule has 8 N–H and O–H groups in total. The van der Waals surface area contributed by atoms with E-state index in [2.05, 4.69) is 42.2 Å². The minimum absolute atomic E-state index is 0.0826. The first-order valence-electron chi connectivity index (χ1n) is 7.61. The average molecular weight is 307 g/mol. The monoisotopic (exact) mass is 307 g/mol. The van der Waals surface area contributed by atoms with Gasteiger partial charge in [0.2, 0.25) is 5.91 Å². The molecule has 1 aromatic carbocycles. The van der Waals surface area contributed by atoms with Crippen LogP contribution < -0.4 is 22.9 Å². The number of benzene rings is 1. The van der Waals surface area contributed by atoms with E-state index in [9.17, 15) is 4.79 Å². The fourth-order valence-corrected chi connectivity index (χ4v) is 1.76. The largest absolute Gasteiger partial charge is 0.370 e. The molecule has 124 valence electrons. The lowest BCUT2D eigenvalue weighted by molar-refractivity contribution is -0.119. The fraction of sp³-hybridized carbons (Fsp3) is 0.500. The van der Waals surface area contributed by atoms with Crippen molar-refractivity contribution in [3.63, 3.8) is 0 Å². The van der Waals surface area contributed by atoms with Crippen LogP contribution in [0.25, 0.3) is 0 Å². The average Bonchev–Trinajstić information content (AvgIpc) is 2.48. The van der Waals surface area contributed by atoms with Gasteiger partial charge in [0.05, 0.1) is 6.04 Å². The Balaban J connectivity index is 0.000000425. The molecule has 1 unspecified atom stereocenters. The number of nitrogens with zero attached hydrogens (tertiary/aromatic N) is 1. The maximum Gasteiger partial charge on any atom is 0.234 e. The highest BCUT2D eigenvalue weighted by Gasteiger charge is 2.07. The molecular formula is C16H29N5O. The van der Waals surface area contributed by atoms with E-state index < -0.39 is 11.9 Å². The molecule has 0 aliphatic heterocycles. The molecule has 0 saturated heterocycles. The van der Waals surface area contributed by atoms with Crippen LogP contribution in [0.1, 0.15) is 38.2 Å². The lowest BCUT2D eigenvalue weighted by Crippen LogP contribution is -2.36. The summed E-state index contributed by atoms with van der Waals surface area (Å²) in [6.07, 6.45) is 4.62. The maximum absolute atomic E-state index is 10.5. The molecule has 0 spiro atoms. The van der Waals surface area contributed by atoms with E-state index in [1.807, 2.05) is 0 Å². The van der Waals surface area contributed by atoms with Gasteiger partial charge in [-0.05, 0) is 31.2 Å². The molecule has 0 aliphatic carbocycles. The van der Waals surface area contributed by atoms with Crippen LogP contribution in [0.15, 0.2) is 35.3 Å². The van der Waals surface area contributed by atoms with E-state index in [1.54, 1.807) is 0 Å². The second kappa shape index (κ2) is 12.6. The summed E-state index contributed by atoms with van der Waals surface area (Å²) in [6.45, 7) is 2.76. The number of hydrogen-bond acceptors (Lipinski definition) is 3. The minimum Gasteiger partial charge on any atom is -0.370 e. The van der Waals surface area contributed by atoms with Crippen molar-refractivity contribution in [2.45, 2.75) is 45.1 Å². The zero-order valence-corrected chi connectivity index (χ0v) is 13.4. The normalized spacial score (nSPS) is 11.0. The minimum atomic E-state index is -0.556. The molecule has 0 saturated carbocycles. The molecule has 0 bridgehead atoms. The Morgan fingerprint density at radius 1 is 1.14 bits per heavy atom. The van der Waals surface area contributed by atoms with Gasteiger partial charge in [0, 0.05) is 6.54 Å². The second-order valence-electron chi connectivity index (χ2n) is 5.05. The summed E-state index contributed by atoms with van der Waals surface area (Å²) in [4.78, 5) is 14.3. The summed E-state index contributed by atoms with van der Waals surface area (Å²) in [7, 11) is 0. The number of guanidine groups is 1. The number of unbranched alkanes of at least 4 members (excludes halogenated alkanes) is 1. The van der Waals surface area contributed by atoms with Crippen molar-refractivity contribution in [1.29, 1.82) is 0 Å². The van der Waals surface area contributed by atoms with Crippen LogP contribution in [0.2, 0.25) is 0 Å². The molecule has 0 heterocycles. The second-order valence-corrected chi connectivity index (χ2v) is 5.05. The quantitative estimate of drug-likeness (QED) is 0.322. The first kappa shape index (κ1) is 19.9. The van der Waals surface area contributed by atoms with E-state index in [-0.39, 0.29) is 5.96 Å². The molecule has 1 amide bonds. The van der Waals surface area contributed by atoms with Crippen molar-refractivity contribution in [2.75, 3.05) is 6.54 Å². The standard InChI is InChI=1S/C9H12.C7H17N5O/c1-2-6-9-7-4-3-5-8-9;8-5(6(9)13)3-1-2-4-12-7(10)11/h3-5,7-8H,2,6H2,1H3;5H,1-4,8H2,(H2,9,13)(H4,10,11,12). The summed E-state index contributed by atoms with van der Waals surface area (Å²) in [5.41, 5.74) is 22.0. The van der Waals surface area contributed by atoms with Crippen molar-refractivity contribution in [1.82, 2.24) is 0 Å². The Morgan fingerprint density at radius 3 is 2.27 bits per heavy atom. The molecule has 22 heavy (non-hydrogen) atoms. The van der Waals surface area contributed by atoms with Crippen LogP contribution in [0.3, 0.4) is 0 Å². The van der Waals surface area contributed by atoms with E-state index in [4.69, 9.17) is 22.9 Å². The first-order valence-corrected chi connectivity index (χ1v) is 7.61. The van der Waals surface area contributed by atoms with Gasteiger partial charge in [0.1, 0.15) is 0 Å². The summed E-state index contributed by atoms with van der Waals surface area (Å²) >= 11 is 0. The molecule has 0 fully saturated rings. The third-order valence-electron chi connectivity index (χ3n) is 2.96. The van der Waals surface area contributed by atoms with Crippen LogP contribution in [0.4, 0.5) is 0 Å². The molecule has 0 radical (unpaired) electrons. The molecular weight excluding hydrogens is 278 g/mol. The van der Waals surface area contributed by atoms with Gasteiger partial charge in [-0.1, -0.05) is 43.7 Å². The third kappa shape index (κ3) is 11.7. The van der Waals surface area contributed by atoms with Crippen LogP contribution in [0, 0.1) is 0 Å². The number of carbonyl (C=O) groups excluding carboxylic acids is 1. The van der Waals surface area contributed by atoms with Gasteiger partial charge >= 0.3 is 0 Å². The molecule has 1 atom stereocenters. The number of aliphatic imine (C=N–C) groups is 1. The number of hydrogen-bond donors (Lipinski definition) is 4. The molecule has 0 aliphatic rings. The fourth-order valence-electron chi connectivity index (χ4n) is 1.76. The number of aryl methyl sites for hydroxylation is 1. The van der Waals surface area contributed by atoms with Crippen LogP contribution >= 0.6 is 0 Å². The molecule has 1 aromatic rings. The first-order chi connectivity index (χ1) is 10.5. The van der Waals surface area contributed by atoms with Crippen LogP contribution in [0.5, 0.6) is 0 Å². The number of primary amides is 1. The lowest BCUT2D eigenvalue weighted by atomic mass is 10.1. The predicted octanol–water partition coefficient (Wildman–Crippen LogP) is 0.882. The number of amides is 1. The summed E-state index contributed by atoms with van der Waals surface area (Å²) in [5, 5.41) is 0. The lowest BCUT2D eigenvalue weighted by Gasteiger charge is -2.05. The molecule has 1 rings (SSSR count). The Bertz CT molecular complexity index is 429. The van der Waals surface area contributed by atoms with E-state index in [0.717, 1.165) is 12.8 Å². The number of nitrogens with two attached hydrogens (primary N) is 4. The van der Waals surface area contributed by atoms with Crippen molar-refractivity contribution in [3.8, 4) is 0 Å². The molecule has 0 aromatic heterocycles. The van der Waals surface area contributed by atoms with Crippen LogP contribution in [-0.4, -0.2) is 24.5 Å². The Labute approximate surface area is 133 Å². The van der Waals surface area contributed by atoms with Crippen LogP contribution in [-0.2, 0) is 11.2 Å². The highest BCUT2D eigenvalue weighted by molar-refractivity contribution is 5.79. The van der Waals surface area contributed by atoms with E-state index in [0.29, 0.717) is 13.0 Å².